The molecule has 0 amide bonds. The summed E-state index contributed by atoms with van der Waals surface area (Å²) >= 11 is 0. The van der Waals surface area contributed by atoms with E-state index in [1.165, 1.54) is 19.3 Å². The Balaban J connectivity index is 2.40. The smallest absolute Gasteiger partial charge is 0.126 e. The van der Waals surface area contributed by atoms with Gasteiger partial charge in [-0.15, -0.1) is 0 Å². The number of anilines is 1. The molecule has 0 aliphatic rings. The summed E-state index contributed by atoms with van der Waals surface area (Å²) in [6, 6.07) is 6.55. The van der Waals surface area contributed by atoms with Crippen LogP contribution in [0.25, 0.3) is 0 Å². The van der Waals surface area contributed by atoms with Gasteiger partial charge in [-0.3, -0.25) is 0 Å². The number of hydrogen-bond donors (Lipinski definition) is 1. The molecule has 0 bridgehead atoms. The summed E-state index contributed by atoms with van der Waals surface area (Å²) in [5, 5.41) is 3.45. The van der Waals surface area contributed by atoms with E-state index in [1.54, 1.807) is 0 Å². The quantitative estimate of drug-likeness (QED) is 0.746. The number of pyridine rings is 1. The third kappa shape index (κ3) is 3.77. The van der Waals surface area contributed by atoms with Crippen LogP contribution in [0.15, 0.2) is 24.4 Å². The van der Waals surface area contributed by atoms with Crippen molar-refractivity contribution >= 4 is 5.82 Å². The number of hydrogen-bond acceptors (Lipinski definition) is 2. The van der Waals surface area contributed by atoms with Gasteiger partial charge in [0.05, 0.1) is 0 Å². The van der Waals surface area contributed by atoms with Crippen molar-refractivity contribution in [3.63, 3.8) is 0 Å². The van der Waals surface area contributed by atoms with Gasteiger partial charge in [-0.1, -0.05) is 32.8 Å². The number of nitrogens with zero attached hydrogens (tertiary/aromatic N) is 1. The van der Waals surface area contributed by atoms with Crippen molar-refractivity contribution in [1.29, 1.82) is 0 Å². The summed E-state index contributed by atoms with van der Waals surface area (Å²) in [5.74, 6) is 0.996. The van der Waals surface area contributed by atoms with Gasteiger partial charge in [0.2, 0.25) is 0 Å². The van der Waals surface area contributed by atoms with Crippen LogP contribution in [0, 0.1) is 0 Å². The molecule has 0 fully saturated rings. The van der Waals surface area contributed by atoms with Gasteiger partial charge in [-0.2, -0.15) is 0 Å². The molecule has 0 saturated heterocycles. The number of unbranched alkanes of at least 4 members (excludes halogenated alkanes) is 1. The van der Waals surface area contributed by atoms with Gasteiger partial charge in [-0.05, 0) is 25.0 Å². The van der Waals surface area contributed by atoms with Crippen LogP contribution in [0.1, 0.15) is 39.5 Å². The minimum absolute atomic E-state index is 0.574. The fourth-order valence-electron chi connectivity index (χ4n) is 1.49. The van der Waals surface area contributed by atoms with Crippen molar-refractivity contribution in [2.45, 2.75) is 45.6 Å². The van der Waals surface area contributed by atoms with Crippen molar-refractivity contribution < 1.29 is 0 Å². The number of aromatic nitrogens is 1. The molecule has 0 aromatic carbocycles. The van der Waals surface area contributed by atoms with E-state index in [1.807, 2.05) is 24.4 Å². The van der Waals surface area contributed by atoms with Crippen LogP contribution in [0.3, 0.4) is 0 Å². The Morgan fingerprint density at radius 1 is 1.36 bits per heavy atom. The molecule has 0 saturated carbocycles. The minimum Gasteiger partial charge on any atom is -0.367 e. The first-order chi connectivity index (χ1) is 6.86. The highest BCUT2D eigenvalue weighted by atomic mass is 15.0. The molecule has 2 heteroatoms. The Hall–Kier alpha value is -1.05. The normalized spacial score (nSPS) is 12.4. The van der Waals surface area contributed by atoms with Crippen molar-refractivity contribution in [3.05, 3.63) is 24.4 Å². The fraction of sp³-hybridized carbons (Fsp3) is 0.583. The Kier molecular flexibility index (Phi) is 5.05. The molecule has 1 unspecified atom stereocenters. The van der Waals surface area contributed by atoms with Gasteiger partial charge in [0, 0.05) is 12.2 Å². The van der Waals surface area contributed by atoms with Crippen LogP contribution >= 0.6 is 0 Å². The largest absolute Gasteiger partial charge is 0.367 e. The van der Waals surface area contributed by atoms with Crippen LogP contribution in [-0.4, -0.2) is 11.0 Å². The van der Waals surface area contributed by atoms with Crippen molar-refractivity contribution in [1.82, 2.24) is 4.98 Å². The molecule has 1 aromatic heterocycles. The van der Waals surface area contributed by atoms with Crippen LogP contribution in [0.4, 0.5) is 5.82 Å². The molecule has 0 spiro atoms. The van der Waals surface area contributed by atoms with Crippen molar-refractivity contribution in [2.75, 3.05) is 5.32 Å². The van der Waals surface area contributed by atoms with Crippen molar-refractivity contribution in [3.8, 4) is 0 Å². The Morgan fingerprint density at radius 2 is 2.21 bits per heavy atom. The van der Waals surface area contributed by atoms with Gasteiger partial charge in [0.1, 0.15) is 5.82 Å². The van der Waals surface area contributed by atoms with E-state index in [-0.39, 0.29) is 0 Å². The molecule has 14 heavy (non-hydrogen) atoms. The first-order valence-corrected chi connectivity index (χ1v) is 5.54. The summed E-state index contributed by atoms with van der Waals surface area (Å²) in [5.41, 5.74) is 0. The van der Waals surface area contributed by atoms with Gasteiger partial charge in [0.25, 0.3) is 0 Å². The Labute approximate surface area is 86.8 Å². The topological polar surface area (TPSA) is 24.9 Å². The second kappa shape index (κ2) is 6.41. The molecule has 0 aliphatic heterocycles. The molecule has 0 aliphatic carbocycles. The number of rotatable bonds is 6. The van der Waals surface area contributed by atoms with Gasteiger partial charge in [-0.25, -0.2) is 4.98 Å². The van der Waals surface area contributed by atoms with Gasteiger partial charge >= 0.3 is 0 Å². The lowest BCUT2D eigenvalue weighted by molar-refractivity contribution is 0.591. The summed E-state index contributed by atoms with van der Waals surface area (Å²) in [4.78, 5) is 4.26. The summed E-state index contributed by atoms with van der Waals surface area (Å²) in [6.07, 6.45) is 6.79. The minimum atomic E-state index is 0.574. The average Bonchev–Trinajstić information content (AvgIpc) is 2.25. The molecule has 0 radical (unpaired) electrons. The van der Waals surface area contributed by atoms with Crippen molar-refractivity contribution in [2.24, 2.45) is 0 Å². The Morgan fingerprint density at radius 3 is 2.79 bits per heavy atom. The lowest BCUT2D eigenvalue weighted by Gasteiger charge is -2.16. The fourth-order valence-corrected chi connectivity index (χ4v) is 1.49. The molecular formula is C12H20N2. The van der Waals surface area contributed by atoms with E-state index in [2.05, 4.69) is 24.1 Å². The predicted molar refractivity (Wildman–Crippen MR) is 61.5 cm³/mol. The third-order valence-electron chi connectivity index (χ3n) is 2.42. The van der Waals surface area contributed by atoms with E-state index < -0.39 is 0 Å². The SMILES string of the molecule is CCCCC(CC)Nc1ccccn1. The van der Waals surface area contributed by atoms with Gasteiger partial charge < -0.3 is 5.32 Å². The van der Waals surface area contributed by atoms with Crippen LogP contribution in [0.2, 0.25) is 0 Å². The van der Waals surface area contributed by atoms with E-state index in [0.29, 0.717) is 6.04 Å². The van der Waals surface area contributed by atoms with Gasteiger partial charge in [0.15, 0.2) is 0 Å². The zero-order valence-corrected chi connectivity index (χ0v) is 9.16. The standard InChI is InChI=1S/C12H20N2/c1-3-5-8-11(4-2)14-12-9-6-7-10-13-12/h6-7,9-11H,3-5,8H2,1-2H3,(H,13,14). The molecule has 1 aromatic rings. The summed E-state index contributed by atoms with van der Waals surface area (Å²) in [6.45, 7) is 4.45. The summed E-state index contributed by atoms with van der Waals surface area (Å²) < 4.78 is 0. The predicted octanol–water partition coefficient (Wildman–Crippen LogP) is 3.46. The zero-order valence-electron chi connectivity index (χ0n) is 9.16. The third-order valence-corrected chi connectivity index (χ3v) is 2.42. The molecule has 1 heterocycles. The van der Waals surface area contributed by atoms with Crippen LogP contribution in [-0.2, 0) is 0 Å². The lowest BCUT2D eigenvalue weighted by Crippen LogP contribution is -2.18. The maximum atomic E-state index is 4.26. The highest BCUT2D eigenvalue weighted by Gasteiger charge is 2.04. The summed E-state index contributed by atoms with van der Waals surface area (Å²) in [7, 11) is 0. The monoisotopic (exact) mass is 192 g/mol. The van der Waals surface area contributed by atoms with E-state index in [0.717, 1.165) is 12.2 Å². The molecule has 1 N–H and O–H groups in total. The first-order valence-electron chi connectivity index (χ1n) is 5.54. The van der Waals surface area contributed by atoms with E-state index in [4.69, 9.17) is 0 Å². The second-order valence-corrected chi connectivity index (χ2v) is 3.61. The molecule has 1 rings (SSSR count). The van der Waals surface area contributed by atoms with Crippen LogP contribution in [0.5, 0.6) is 0 Å². The Bertz CT molecular complexity index is 233. The molecule has 2 nitrogen and oxygen atoms in total. The average molecular weight is 192 g/mol. The maximum absolute atomic E-state index is 4.26. The molecule has 1 atom stereocenters. The number of nitrogens with one attached hydrogen (secondary N) is 1. The highest BCUT2D eigenvalue weighted by molar-refractivity contribution is 5.34. The lowest BCUT2D eigenvalue weighted by atomic mass is 10.1. The van der Waals surface area contributed by atoms with E-state index in [9.17, 15) is 0 Å². The first kappa shape index (κ1) is 11.0. The molecular weight excluding hydrogens is 172 g/mol. The highest BCUT2D eigenvalue weighted by Crippen LogP contribution is 2.10. The van der Waals surface area contributed by atoms with E-state index >= 15 is 0 Å². The zero-order chi connectivity index (χ0) is 10.2. The maximum Gasteiger partial charge on any atom is 0.126 e. The van der Waals surface area contributed by atoms with Crippen LogP contribution < -0.4 is 5.32 Å². The second-order valence-electron chi connectivity index (χ2n) is 3.61. The molecule has 78 valence electrons.